The molecule has 2 unspecified atom stereocenters. The molecule has 0 aliphatic carbocycles. The number of rotatable bonds is 6. The van der Waals surface area contributed by atoms with E-state index >= 15 is 0 Å². The molecular formula is C12H22N2S. The molecule has 0 aliphatic heterocycles. The maximum absolute atomic E-state index is 4.25. The molecule has 1 aromatic rings. The molecule has 15 heavy (non-hydrogen) atoms. The van der Waals surface area contributed by atoms with Crippen molar-refractivity contribution >= 4 is 11.3 Å². The van der Waals surface area contributed by atoms with Crippen molar-refractivity contribution in [1.82, 2.24) is 10.3 Å². The third kappa shape index (κ3) is 4.31. The standard InChI is InChI=1S/C12H22N2S/c1-5-9(2)6-10(3)13-7-12-11(4)14-8-15-12/h8-10,13H,5-7H2,1-4H3. The largest absolute Gasteiger partial charge is 0.309 e. The van der Waals surface area contributed by atoms with Gasteiger partial charge in [-0.2, -0.15) is 0 Å². The first kappa shape index (κ1) is 12.7. The highest BCUT2D eigenvalue weighted by Gasteiger charge is 2.08. The lowest BCUT2D eigenvalue weighted by Gasteiger charge is -2.17. The van der Waals surface area contributed by atoms with E-state index in [9.17, 15) is 0 Å². The normalized spacial score (nSPS) is 15.2. The van der Waals surface area contributed by atoms with E-state index in [1.165, 1.54) is 23.4 Å². The van der Waals surface area contributed by atoms with Gasteiger partial charge in [-0.1, -0.05) is 20.3 Å². The Morgan fingerprint density at radius 2 is 2.20 bits per heavy atom. The van der Waals surface area contributed by atoms with Crippen LogP contribution in [-0.4, -0.2) is 11.0 Å². The number of aromatic nitrogens is 1. The van der Waals surface area contributed by atoms with Crippen LogP contribution in [0.5, 0.6) is 0 Å². The van der Waals surface area contributed by atoms with E-state index in [2.05, 4.69) is 38.0 Å². The lowest BCUT2D eigenvalue weighted by molar-refractivity contribution is 0.413. The molecule has 86 valence electrons. The van der Waals surface area contributed by atoms with Crippen LogP contribution >= 0.6 is 11.3 Å². The second-order valence-electron chi connectivity index (χ2n) is 4.39. The molecule has 0 aromatic carbocycles. The molecule has 2 atom stereocenters. The average Bonchev–Trinajstić information content (AvgIpc) is 2.61. The smallest absolute Gasteiger partial charge is 0.0798 e. The van der Waals surface area contributed by atoms with Gasteiger partial charge in [0.25, 0.3) is 0 Å². The van der Waals surface area contributed by atoms with E-state index < -0.39 is 0 Å². The lowest BCUT2D eigenvalue weighted by Crippen LogP contribution is -2.27. The number of aryl methyl sites for hydroxylation is 1. The van der Waals surface area contributed by atoms with Gasteiger partial charge in [-0.15, -0.1) is 11.3 Å². The average molecular weight is 226 g/mol. The Hall–Kier alpha value is -0.410. The van der Waals surface area contributed by atoms with E-state index in [-0.39, 0.29) is 0 Å². The fourth-order valence-corrected chi connectivity index (χ4v) is 2.34. The zero-order chi connectivity index (χ0) is 11.3. The molecule has 3 heteroatoms. The van der Waals surface area contributed by atoms with Gasteiger partial charge in [0.15, 0.2) is 0 Å². The molecule has 0 saturated heterocycles. The molecule has 0 fully saturated rings. The molecule has 1 rings (SSSR count). The molecule has 0 saturated carbocycles. The Labute approximate surface area is 97.1 Å². The van der Waals surface area contributed by atoms with Crippen molar-refractivity contribution < 1.29 is 0 Å². The second kappa shape index (κ2) is 6.23. The van der Waals surface area contributed by atoms with Crippen LogP contribution in [0.25, 0.3) is 0 Å². The summed E-state index contributed by atoms with van der Waals surface area (Å²) in [6, 6.07) is 0.599. The highest BCUT2D eigenvalue weighted by atomic mass is 32.1. The van der Waals surface area contributed by atoms with Crippen molar-refractivity contribution in [3.05, 3.63) is 16.1 Å². The van der Waals surface area contributed by atoms with Crippen molar-refractivity contribution in [2.45, 2.75) is 53.1 Å². The molecule has 0 spiro atoms. The first-order valence-electron chi connectivity index (χ1n) is 5.75. The van der Waals surface area contributed by atoms with Crippen LogP contribution in [0, 0.1) is 12.8 Å². The van der Waals surface area contributed by atoms with E-state index in [0.717, 1.165) is 12.5 Å². The topological polar surface area (TPSA) is 24.9 Å². The Balaban J connectivity index is 2.28. The highest BCUT2D eigenvalue weighted by molar-refractivity contribution is 7.09. The van der Waals surface area contributed by atoms with Crippen LogP contribution in [-0.2, 0) is 6.54 Å². The van der Waals surface area contributed by atoms with Crippen LogP contribution in [0.2, 0.25) is 0 Å². The first-order chi connectivity index (χ1) is 7.13. The van der Waals surface area contributed by atoms with Gasteiger partial charge >= 0.3 is 0 Å². The number of thiazole rings is 1. The monoisotopic (exact) mass is 226 g/mol. The Kier molecular flexibility index (Phi) is 5.26. The van der Waals surface area contributed by atoms with Crippen LogP contribution in [0.1, 0.15) is 44.2 Å². The van der Waals surface area contributed by atoms with Crippen LogP contribution in [0.4, 0.5) is 0 Å². The van der Waals surface area contributed by atoms with Crippen LogP contribution in [0.15, 0.2) is 5.51 Å². The maximum atomic E-state index is 4.25. The van der Waals surface area contributed by atoms with Crippen LogP contribution < -0.4 is 5.32 Å². The summed E-state index contributed by atoms with van der Waals surface area (Å²) in [5.41, 5.74) is 3.09. The number of nitrogens with zero attached hydrogens (tertiary/aromatic N) is 1. The van der Waals surface area contributed by atoms with Crippen LogP contribution in [0.3, 0.4) is 0 Å². The van der Waals surface area contributed by atoms with Crippen molar-refractivity contribution in [3.63, 3.8) is 0 Å². The van der Waals surface area contributed by atoms with Gasteiger partial charge in [0.05, 0.1) is 11.2 Å². The Bertz CT molecular complexity index is 283. The van der Waals surface area contributed by atoms with E-state index in [1.807, 2.05) is 5.51 Å². The quantitative estimate of drug-likeness (QED) is 0.804. The fraction of sp³-hybridized carbons (Fsp3) is 0.750. The first-order valence-corrected chi connectivity index (χ1v) is 6.63. The molecule has 0 bridgehead atoms. The minimum Gasteiger partial charge on any atom is -0.309 e. The van der Waals surface area contributed by atoms with Crippen molar-refractivity contribution in [2.24, 2.45) is 5.92 Å². The van der Waals surface area contributed by atoms with Gasteiger partial charge in [0, 0.05) is 17.5 Å². The SMILES string of the molecule is CCC(C)CC(C)NCc1scnc1C. The van der Waals surface area contributed by atoms with E-state index in [0.29, 0.717) is 6.04 Å². The summed E-state index contributed by atoms with van der Waals surface area (Å²) in [7, 11) is 0. The number of nitrogens with one attached hydrogen (secondary N) is 1. The number of hydrogen-bond donors (Lipinski definition) is 1. The molecule has 0 aliphatic rings. The van der Waals surface area contributed by atoms with Gasteiger partial charge in [-0.05, 0) is 26.2 Å². The summed E-state index contributed by atoms with van der Waals surface area (Å²) < 4.78 is 0. The molecule has 1 N–H and O–H groups in total. The minimum absolute atomic E-state index is 0.599. The number of hydrogen-bond acceptors (Lipinski definition) is 3. The summed E-state index contributed by atoms with van der Waals surface area (Å²) in [5, 5.41) is 3.56. The second-order valence-corrected chi connectivity index (χ2v) is 5.33. The summed E-state index contributed by atoms with van der Waals surface area (Å²) in [4.78, 5) is 5.62. The van der Waals surface area contributed by atoms with Crippen molar-refractivity contribution in [1.29, 1.82) is 0 Å². The predicted octanol–water partition coefficient (Wildman–Crippen LogP) is 3.37. The predicted molar refractivity (Wildman–Crippen MR) is 67.2 cm³/mol. The zero-order valence-corrected chi connectivity index (χ0v) is 11.0. The third-order valence-electron chi connectivity index (χ3n) is 2.91. The van der Waals surface area contributed by atoms with Crippen molar-refractivity contribution in [3.8, 4) is 0 Å². The minimum atomic E-state index is 0.599. The fourth-order valence-electron chi connectivity index (χ4n) is 1.62. The molecule has 0 amide bonds. The maximum Gasteiger partial charge on any atom is 0.0798 e. The molecule has 2 nitrogen and oxygen atoms in total. The van der Waals surface area contributed by atoms with Gasteiger partial charge < -0.3 is 5.32 Å². The molecule has 1 heterocycles. The molecule has 0 radical (unpaired) electrons. The van der Waals surface area contributed by atoms with Gasteiger partial charge in [-0.3, -0.25) is 0 Å². The van der Waals surface area contributed by atoms with Crippen molar-refractivity contribution in [2.75, 3.05) is 0 Å². The zero-order valence-electron chi connectivity index (χ0n) is 10.2. The Morgan fingerprint density at radius 3 is 2.73 bits per heavy atom. The molecule has 1 aromatic heterocycles. The highest BCUT2D eigenvalue weighted by Crippen LogP contribution is 2.13. The van der Waals surface area contributed by atoms with E-state index in [1.54, 1.807) is 11.3 Å². The van der Waals surface area contributed by atoms with Gasteiger partial charge in [0.2, 0.25) is 0 Å². The van der Waals surface area contributed by atoms with Gasteiger partial charge in [-0.25, -0.2) is 4.98 Å². The van der Waals surface area contributed by atoms with E-state index in [4.69, 9.17) is 0 Å². The Morgan fingerprint density at radius 1 is 1.47 bits per heavy atom. The van der Waals surface area contributed by atoms with Gasteiger partial charge in [0.1, 0.15) is 0 Å². The summed E-state index contributed by atoms with van der Waals surface area (Å²) >= 11 is 1.74. The summed E-state index contributed by atoms with van der Waals surface area (Å²) in [6.45, 7) is 9.88. The summed E-state index contributed by atoms with van der Waals surface area (Å²) in [6.07, 6.45) is 2.53. The third-order valence-corrected chi connectivity index (χ3v) is 3.84. The molecular weight excluding hydrogens is 204 g/mol. The lowest BCUT2D eigenvalue weighted by atomic mass is 10.0. The summed E-state index contributed by atoms with van der Waals surface area (Å²) in [5.74, 6) is 0.815.